The molecule has 25 heavy (non-hydrogen) atoms. The number of aromatic amines is 1. The van der Waals surface area contributed by atoms with Gasteiger partial charge >= 0.3 is 0 Å². The summed E-state index contributed by atoms with van der Waals surface area (Å²) >= 11 is 0. The first-order valence-electron chi connectivity index (χ1n) is 8.23. The van der Waals surface area contributed by atoms with Gasteiger partial charge in [-0.05, 0) is 36.2 Å². The van der Waals surface area contributed by atoms with Crippen molar-refractivity contribution in [3.63, 3.8) is 0 Å². The Kier molecular flexibility index (Phi) is 6.61. The maximum absolute atomic E-state index is 12.6. The van der Waals surface area contributed by atoms with Crippen LogP contribution < -0.4 is 11.1 Å². The average Bonchev–Trinajstić information content (AvgIpc) is 3.10. The lowest BCUT2D eigenvalue weighted by Crippen LogP contribution is -2.41. The van der Waals surface area contributed by atoms with Crippen LogP contribution in [0.1, 0.15) is 30.7 Å². The molecule has 0 aliphatic rings. The highest BCUT2D eigenvalue weighted by Crippen LogP contribution is 2.24. The molecule has 0 fully saturated rings. The standard InChI is InChI=1S/C19H24N4O2/c1-13(18(25-2)17-7-4-10-22-17)19(24)23-16(8-9-20)12-14-5-3-6-15(21)11-14/h3-7,10-11,13,16,18,22H,8,12,21H2,1-2H3,(H,23,24)/t13-,16-,18-/m1/s1. The molecule has 132 valence electrons. The van der Waals surface area contributed by atoms with Crippen molar-refractivity contribution in [2.75, 3.05) is 12.8 Å². The Morgan fingerprint density at radius 2 is 2.20 bits per heavy atom. The summed E-state index contributed by atoms with van der Waals surface area (Å²) in [5.74, 6) is -0.545. The van der Waals surface area contributed by atoms with Crippen molar-refractivity contribution in [3.8, 4) is 6.07 Å². The number of aromatic nitrogens is 1. The first kappa shape index (κ1) is 18.6. The largest absolute Gasteiger partial charge is 0.399 e. The van der Waals surface area contributed by atoms with E-state index in [9.17, 15) is 4.79 Å². The minimum absolute atomic E-state index is 0.148. The zero-order valence-corrected chi connectivity index (χ0v) is 14.5. The number of benzene rings is 1. The molecule has 1 amide bonds. The number of nitrogens with one attached hydrogen (secondary N) is 2. The van der Waals surface area contributed by atoms with Crippen LogP contribution in [0.5, 0.6) is 0 Å². The van der Waals surface area contributed by atoms with Crippen LogP contribution in [-0.2, 0) is 16.0 Å². The number of rotatable bonds is 8. The second-order valence-corrected chi connectivity index (χ2v) is 6.09. The summed E-state index contributed by atoms with van der Waals surface area (Å²) in [6.45, 7) is 1.81. The van der Waals surface area contributed by atoms with Gasteiger partial charge in [0.15, 0.2) is 0 Å². The van der Waals surface area contributed by atoms with E-state index in [1.54, 1.807) is 13.3 Å². The van der Waals surface area contributed by atoms with E-state index in [1.807, 2.05) is 43.3 Å². The lowest BCUT2D eigenvalue weighted by molar-refractivity contribution is -0.129. The number of anilines is 1. The van der Waals surface area contributed by atoms with Gasteiger partial charge in [0.05, 0.1) is 18.4 Å². The molecule has 0 saturated carbocycles. The maximum Gasteiger partial charge on any atom is 0.226 e. The third-order valence-corrected chi connectivity index (χ3v) is 4.17. The van der Waals surface area contributed by atoms with E-state index < -0.39 is 5.92 Å². The Bertz CT molecular complexity index is 721. The normalized spacial score (nSPS) is 14.3. The Morgan fingerprint density at radius 1 is 1.40 bits per heavy atom. The number of hydrogen-bond donors (Lipinski definition) is 3. The summed E-state index contributed by atoms with van der Waals surface area (Å²) in [6, 6.07) is 13.1. The molecule has 0 bridgehead atoms. The van der Waals surface area contributed by atoms with Gasteiger partial charge in [-0.2, -0.15) is 5.26 Å². The molecule has 2 rings (SSSR count). The summed E-state index contributed by atoms with van der Waals surface area (Å²) in [5.41, 5.74) is 8.30. The van der Waals surface area contributed by atoms with Gasteiger partial charge in [-0.25, -0.2) is 0 Å². The third-order valence-electron chi connectivity index (χ3n) is 4.17. The second-order valence-electron chi connectivity index (χ2n) is 6.09. The highest BCUT2D eigenvalue weighted by atomic mass is 16.5. The zero-order valence-electron chi connectivity index (χ0n) is 14.5. The number of ether oxygens (including phenoxy) is 1. The molecule has 0 spiro atoms. The minimum atomic E-state index is -0.398. The number of nitrogens with zero attached hydrogens (tertiary/aromatic N) is 1. The fraction of sp³-hybridized carbons (Fsp3) is 0.368. The van der Waals surface area contributed by atoms with Crippen molar-refractivity contribution >= 4 is 11.6 Å². The summed E-state index contributed by atoms with van der Waals surface area (Å²) in [7, 11) is 1.58. The topological polar surface area (TPSA) is 104 Å². The monoisotopic (exact) mass is 340 g/mol. The smallest absolute Gasteiger partial charge is 0.226 e. The second kappa shape index (κ2) is 8.90. The Balaban J connectivity index is 2.05. The molecular formula is C19H24N4O2. The van der Waals surface area contributed by atoms with Gasteiger partial charge in [0.1, 0.15) is 6.10 Å². The van der Waals surface area contributed by atoms with E-state index in [-0.39, 0.29) is 24.5 Å². The fourth-order valence-corrected chi connectivity index (χ4v) is 2.88. The molecule has 0 unspecified atom stereocenters. The van der Waals surface area contributed by atoms with Crippen LogP contribution in [0.4, 0.5) is 5.69 Å². The molecule has 3 atom stereocenters. The molecule has 4 N–H and O–H groups in total. The molecule has 6 nitrogen and oxygen atoms in total. The van der Waals surface area contributed by atoms with Crippen LogP contribution >= 0.6 is 0 Å². The van der Waals surface area contributed by atoms with Gasteiger partial charge in [0.2, 0.25) is 5.91 Å². The quantitative estimate of drug-likeness (QED) is 0.642. The molecule has 1 heterocycles. The molecular weight excluding hydrogens is 316 g/mol. The van der Waals surface area contributed by atoms with Gasteiger partial charge in [-0.15, -0.1) is 0 Å². The number of methoxy groups -OCH3 is 1. The van der Waals surface area contributed by atoms with Gasteiger partial charge < -0.3 is 20.8 Å². The Hall–Kier alpha value is -2.78. The van der Waals surface area contributed by atoms with E-state index in [4.69, 9.17) is 15.7 Å². The highest BCUT2D eigenvalue weighted by molar-refractivity contribution is 5.79. The SMILES string of the molecule is CO[C@@H](c1ccc[nH]1)[C@@H](C)C(=O)N[C@H](CC#N)Cc1cccc(N)c1. The summed E-state index contributed by atoms with van der Waals surface area (Å²) in [5, 5.41) is 12.0. The van der Waals surface area contributed by atoms with Crippen LogP contribution in [0.15, 0.2) is 42.6 Å². The van der Waals surface area contributed by atoms with Crippen LogP contribution in [0, 0.1) is 17.2 Å². The number of carbonyl (C=O) groups is 1. The van der Waals surface area contributed by atoms with E-state index >= 15 is 0 Å². The summed E-state index contributed by atoms with van der Waals surface area (Å²) in [4.78, 5) is 15.7. The number of carbonyl (C=O) groups excluding carboxylic acids is 1. The van der Waals surface area contributed by atoms with Gasteiger partial charge in [-0.3, -0.25) is 4.79 Å². The molecule has 6 heteroatoms. The van der Waals surface area contributed by atoms with Crippen LogP contribution in [0.3, 0.4) is 0 Å². The van der Waals surface area contributed by atoms with Gasteiger partial charge in [-0.1, -0.05) is 19.1 Å². The summed E-state index contributed by atoms with van der Waals surface area (Å²) < 4.78 is 5.48. The molecule has 1 aromatic carbocycles. The van der Waals surface area contributed by atoms with E-state index in [0.717, 1.165) is 11.3 Å². The average molecular weight is 340 g/mol. The predicted octanol–water partition coefficient (Wildman–Crippen LogP) is 2.56. The first-order valence-corrected chi connectivity index (χ1v) is 8.23. The van der Waals surface area contributed by atoms with Crippen molar-refractivity contribution in [3.05, 3.63) is 53.9 Å². The number of hydrogen-bond acceptors (Lipinski definition) is 4. The molecule has 1 aromatic heterocycles. The molecule has 0 aliphatic carbocycles. The zero-order chi connectivity index (χ0) is 18.2. The van der Waals surface area contributed by atoms with Crippen molar-refractivity contribution < 1.29 is 9.53 Å². The lowest BCUT2D eigenvalue weighted by Gasteiger charge is -2.24. The van der Waals surface area contributed by atoms with Crippen LogP contribution in [-0.4, -0.2) is 24.0 Å². The van der Waals surface area contributed by atoms with Crippen LogP contribution in [0.2, 0.25) is 0 Å². The predicted molar refractivity (Wildman–Crippen MR) is 96.4 cm³/mol. The van der Waals surface area contributed by atoms with Crippen molar-refractivity contribution in [2.45, 2.75) is 31.9 Å². The highest BCUT2D eigenvalue weighted by Gasteiger charge is 2.27. The van der Waals surface area contributed by atoms with Gasteiger partial charge in [0.25, 0.3) is 0 Å². The Labute approximate surface area is 148 Å². The lowest BCUT2D eigenvalue weighted by atomic mass is 9.98. The van der Waals surface area contributed by atoms with E-state index in [2.05, 4.69) is 16.4 Å². The van der Waals surface area contributed by atoms with E-state index in [1.165, 1.54) is 0 Å². The van der Waals surface area contributed by atoms with Crippen molar-refractivity contribution in [1.29, 1.82) is 5.26 Å². The van der Waals surface area contributed by atoms with Gasteiger partial charge in [0, 0.05) is 30.7 Å². The number of nitrogens with two attached hydrogens (primary N) is 1. The fourth-order valence-electron chi connectivity index (χ4n) is 2.88. The Morgan fingerprint density at radius 3 is 2.80 bits per heavy atom. The van der Waals surface area contributed by atoms with E-state index in [0.29, 0.717) is 12.1 Å². The molecule has 0 radical (unpaired) electrons. The minimum Gasteiger partial charge on any atom is -0.399 e. The molecule has 0 saturated heterocycles. The van der Waals surface area contributed by atoms with Crippen molar-refractivity contribution in [1.82, 2.24) is 10.3 Å². The number of H-pyrrole nitrogens is 1. The molecule has 0 aliphatic heterocycles. The number of amides is 1. The maximum atomic E-state index is 12.6. The third kappa shape index (κ3) is 5.10. The van der Waals surface area contributed by atoms with Crippen LogP contribution in [0.25, 0.3) is 0 Å². The first-order chi connectivity index (χ1) is 12.0. The molecule has 2 aromatic rings. The summed E-state index contributed by atoms with van der Waals surface area (Å²) in [6.07, 6.45) is 2.21. The number of nitriles is 1. The van der Waals surface area contributed by atoms with Crippen molar-refractivity contribution in [2.24, 2.45) is 5.92 Å². The number of nitrogen functional groups attached to an aromatic ring is 1.